The molecular formula is C14H22N2O2S. The quantitative estimate of drug-likeness (QED) is 0.868. The average molecular weight is 282 g/mol. The topological polar surface area (TPSA) is 58.2 Å². The number of rotatable bonds is 5. The lowest BCUT2D eigenvalue weighted by Gasteiger charge is -2.20. The summed E-state index contributed by atoms with van der Waals surface area (Å²) in [7, 11) is -3.42. The summed E-state index contributed by atoms with van der Waals surface area (Å²) >= 11 is 0. The summed E-state index contributed by atoms with van der Waals surface area (Å²) < 4.78 is 26.9. The van der Waals surface area contributed by atoms with Gasteiger partial charge in [-0.2, -0.15) is 0 Å². The molecule has 0 atom stereocenters. The molecular weight excluding hydrogens is 260 g/mol. The molecule has 0 unspecified atom stereocenters. The molecule has 4 nitrogen and oxygen atoms in total. The maximum Gasteiger partial charge on any atom is 0.241 e. The number of hydrogen-bond donors (Lipinski definition) is 2. The van der Waals surface area contributed by atoms with Crippen LogP contribution in [0.2, 0.25) is 0 Å². The Balaban J connectivity index is 2.04. The molecule has 1 saturated carbocycles. The molecule has 0 aliphatic heterocycles. The third kappa shape index (κ3) is 4.60. The van der Waals surface area contributed by atoms with Gasteiger partial charge < -0.3 is 5.32 Å². The van der Waals surface area contributed by atoms with Crippen LogP contribution >= 0.6 is 0 Å². The first kappa shape index (κ1) is 14.5. The van der Waals surface area contributed by atoms with E-state index in [4.69, 9.17) is 0 Å². The van der Waals surface area contributed by atoms with Crippen LogP contribution in [0.25, 0.3) is 0 Å². The Morgan fingerprint density at radius 1 is 1.16 bits per heavy atom. The van der Waals surface area contributed by atoms with E-state index in [-0.39, 0.29) is 0 Å². The van der Waals surface area contributed by atoms with Gasteiger partial charge in [0, 0.05) is 18.1 Å². The Labute approximate surface area is 115 Å². The van der Waals surface area contributed by atoms with Crippen molar-refractivity contribution in [2.24, 2.45) is 0 Å². The fraction of sp³-hybridized carbons (Fsp3) is 0.571. The van der Waals surface area contributed by atoms with Crippen LogP contribution in [0.4, 0.5) is 0 Å². The minimum absolute atomic E-state index is 0.317. The lowest BCUT2D eigenvalue weighted by molar-refractivity contribution is 0.491. The van der Waals surface area contributed by atoms with E-state index in [0.29, 0.717) is 10.9 Å². The predicted molar refractivity (Wildman–Crippen MR) is 76.4 cm³/mol. The molecule has 0 aromatic heterocycles. The van der Waals surface area contributed by atoms with Crippen LogP contribution in [-0.2, 0) is 16.6 Å². The summed E-state index contributed by atoms with van der Waals surface area (Å²) in [4.78, 5) is 0.317. The summed E-state index contributed by atoms with van der Waals surface area (Å²) in [6, 6.07) is 7.72. The number of nitrogens with one attached hydrogen (secondary N) is 2. The molecule has 19 heavy (non-hydrogen) atoms. The Morgan fingerprint density at radius 2 is 1.74 bits per heavy atom. The molecule has 2 N–H and O–H groups in total. The van der Waals surface area contributed by atoms with Crippen molar-refractivity contribution < 1.29 is 8.42 Å². The monoisotopic (exact) mass is 282 g/mol. The molecule has 1 aliphatic carbocycles. The zero-order valence-electron chi connectivity index (χ0n) is 11.7. The summed E-state index contributed by atoms with van der Waals surface area (Å²) in [5, 5.41) is 3.40. The number of benzene rings is 1. The van der Waals surface area contributed by atoms with E-state index in [0.717, 1.165) is 12.1 Å². The molecule has 106 valence electrons. The van der Waals surface area contributed by atoms with Crippen molar-refractivity contribution in [1.82, 2.24) is 10.0 Å². The highest BCUT2D eigenvalue weighted by Gasteiger charge is 2.22. The van der Waals surface area contributed by atoms with Gasteiger partial charge >= 0.3 is 0 Å². The maximum absolute atomic E-state index is 12.1. The molecule has 5 heteroatoms. The van der Waals surface area contributed by atoms with E-state index in [9.17, 15) is 8.42 Å². The van der Waals surface area contributed by atoms with Crippen LogP contribution in [0.3, 0.4) is 0 Å². The van der Waals surface area contributed by atoms with Crippen LogP contribution in [0.5, 0.6) is 0 Å². The zero-order chi connectivity index (χ0) is 14.1. The molecule has 0 saturated heterocycles. The van der Waals surface area contributed by atoms with Gasteiger partial charge in [-0.25, -0.2) is 13.1 Å². The molecule has 0 bridgehead atoms. The minimum Gasteiger partial charge on any atom is -0.310 e. The average Bonchev–Trinajstić information content (AvgIpc) is 3.07. The van der Waals surface area contributed by atoms with Gasteiger partial charge in [0.05, 0.1) is 4.90 Å². The van der Waals surface area contributed by atoms with E-state index in [2.05, 4.69) is 10.0 Å². The zero-order valence-corrected chi connectivity index (χ0v) is 12.5. The molecule has 0 heterocycles. The van der Waals surface area contributed by atoms with Gasteiger partial charge in [-0.3, -0.25) is 0 Å². The van der Waals surface area contributed by atoms with Crippen molar-refractivity contribution in [3.05, 3.63) is 29.8 Å². The fourth-order valence-corrected chi connectivity index (χ4v) is 3.22. The molecule has 1 fully saturated rings. The summed E-state index contributed by atoms with van der Waals surface area (Å²) in [5.74, 6) is 0. The molecule has 2 rings (SSSR count). The molecule has 1 aromatic carbocycles. The van der Waals surface area contributed by atoms with Crippen LogP contribution in [0, 0.1) is 0 Å². The standard InChI is InChI=1S/C14H22N2O2S/c1-14(2,3)16-19(17,18)13-8-4-11(5-9-13)10-15-12-6-7-12/h4-5,8-9,12,15-16H,6-7,10H2,1-3H3. The van der Waals surface area contributed by atoms with E-state index in [1.807, 2.05) is 32.9 Å². The van der Waals surface area contributed by atoms with Crippen molar-refractivity contribution in [3.63, 3.8) is 0 Å². The minimum atomic E-state index is -3.42. The van der Waals surface area contributed by atoms with Crippen LogP contribution < -0.4 is 10.0 Å². The first-order valence-corrected chi connectivity index (χ1v) is 8.11. The highest BCUT2D eigenvalue weighted by Crippen LogP contribution is 2.19. The molecule has 0 amide bonds. The van der Waals surface area contributed by atoms with Gasteiger partial charge in [0.1, 0.15) is 0 Å². The molecule has 1 aromatic rings. The van der Waals surface area contributed by atoms with Crippen LogP contribution in [0.15, 0.2) is 29.2 Å². The second-order valence-electron chi connectivity index (χ2n) is 6.15. The third-order valence-corrected chi connectivity index (χ3v) is 4.62. The number of hydrogen-bond acceptors (Lipinski definition) is 3. The normalized spacial score (nSPS) is 16.6. The van der Waals surface area contributed by atoms with Gasteiger partial charge in [0.2, 0.25) is 10.0 Å². The number of sulfonamides is 1. The first-order chi connectivity index (χ1) is 8.76. The summed E-state index contributed by atoms with van der Waals surface area (Å²) in [6.45, 7) is 6.30. The largest absolute Gasteiger partial charge is 0.310 e. The highest BCUT2D eigenvalue weighted by atomic mass is 32.2. The second-order valence-corrected chi connectivity index (χ2v) is 7.84. The fourth-order valence-electron chi connectivity index (χ4n) is 1.80. The lowest BCUT2D eigenvalue weighted by atomic mass is 10.1. The van der Waals surface area contributed by atoms with Crippen molar-refractivity contribution in [2.45, 2.75) is 56.6 Å². The summed E-state index contributed by atoms with van der Waals surface area (Å²) in [5.41, 5.74) is 0.645. The van der Waals surface area contributed by atoms with Crippen LogP contribution in [-0.4, -0.2) is 20.0 Å². The van der Waals surface area contributed by atoms with E-state index >= 15 is 0 Å². The van der Waals surface area contributed by atoms with Crippen molar-refractivity contribution >= 4 is 10.0 Å². The highest BCUT2D eigenvalue weighted by molar-refractivity contribution is 7.89. The molecule has 0 spiro atoms. The Bertz CT molecular complexity index is 526. The van der Waals surface area contributed by atoms with Crippen LogP contribution in [0.1, 0.15) is 39.2 Å². The Morgan fingerprint density at radius 3 is 2.21 bits per heavy atom. The van der Waals surface area contributed by atoms with Gasteiger partial charge in [0.15, 0.2) is 0 Å². The Hall–Kier alpha value is -0.910. The van der Waals surface area contributed by atoms with Gasteiger partial charge in [-0.1, -0.05) is 12.1 Å². The van der Waals surface area contributed by atoms with Gasteiger partial charge in [0.25, 0.3) is 0 Å². The third-order valence-electron chi connectivity index (χ3n) is 2.85. The van der Waals surface area contributed by atoms with E-state index in [1.54, 1.807) is 12.1 Å². The van der Waals surface area contributed by atoms with Crippen molar-refractivity contribution in [3.8, 4) is 0 Å². The smallest absolute Gasteiger partial charge is 0.241 e. The van der Waals surface area contributed by atoms with Crippen molar-refractivity contribution in [1.29, 1.82) is 0 Å². The van der Waals surface area contributed by atoms with E-state index < -0.39 is 15.6 Å². The first-order valence-electron chi connectivity index (χ1n) is 6.63. The van der Waals surface area contributed by atoms with Gasteiger partial charge in [-0.05, 0) is 51.3 Å². The predicted octanol–water partition coefficient (Wildman–Crippen LogP) is 2.02. The molecule has 0 radical (unpaired) electrons. The van der Waals surface area contributed by atoms with E-state index in [1.165, 1.54) is 12.8 Å². The van der Waals surface area contributed by atoms with Gasteiger partial charge in [-0.15, -0.1) is 0 Å². The lowest BCUT2D eigenvalue weighted by Crippen LogP contribution is -2.40. The molecule has 1 aliphatic rings. The van der Waals surface area contributed by atoms with Crippen molar-refractivity contribution in [2.75, 3.05) is 0 Å². The maximum atomic E-state index is 12.1. The second kappa shape index (κ2) is 5.23. The summed E-state index contributed by atoms with van der Waals surface area (Å²) in [6.07, 6.45) is 2.50. The Kier molecular flexibility index (Phi) is 3.99. The SMILES string of the molecule is CC(C)(C)NS(=O)(=O)c1ccc(CNC2CC2)cc1.